The summed E-state index contributed by atoms with van der Waals surface area (Å²) in [4.78, 5) is 12.4. The van der Waals surface area contributed by atoms with Crippen molar-refractivity contribution < 1.29 is 9.90 Å². The van der Waals surface area contributed by atoms with Gasteiger partial charge in [-0.1, -0.05) is 49.2 Å². The first-order chi connectivity index (χ1) is 15.7. The van der Waals surface area contributed by atoms with Gasteiger partial charge in [-0.2, -0.15) is 5.10 Å². The summed E-state index contributed by atoms with van der Waals surface area (Å²) in [6.07, 6.45) is 9.62. The minimum Gasteiger partial charge on any atom is -0.393 e. The maximum absolute atomic E-state index is 12.4. The predicted octanol–water partition coefficient (Wildman–Crippen LogP) is 5.68. The first-order valence-corrected chi connectivity index (χ1v) is 12.9. The van der Waals surface area contributed by atoms with Crippen molar-refractivity contribution >= 4 is 23.3 Å². The highest BCUT2D eigenvalue weighted by Gasteiger charge is 2.63. The number of aliphatic hydroxyl groups is 1. The lowest BCUT2D eigenvalue weighted by atomic mass is 9.48. The molecule has 1 aromatic rings. The smallest absolute Gasteiger partial charge is 0.335 e. The van der Waals surface area contributed by atoms with Crippen molar-refractivity contribution in [3.8, 4) is 0 Å². The molecule has 5 aliphatic rings. The van der Waals surface area contributed by atoms with Crippen molar-refractivity contribution in [2.24, 2.45) is 45.3 Å². The summed E-state index contributed by atoms with van der Waals surface area (Å²) < 4.78 is 0. The molecule has 6 heteroatoms. The molecule has 3 N–H and O–H groups in total. The van der Waals surface area contributed by atoms with Gasteiger partial charge < -0.3 is 10.8 Å². The number of urea groups is 1. The second-order valence-corrected chi connectivity index (χ2v) is 12.1. The highest BCUT2D eigenvalue weighted by molar-refractivity contribution is 6.30. The molecule has 4 aliphatic carbocycles. The standard InChI is InChI=1S/C27H34ClN3O2/c1-26-11-9-18(32)13-16(26)5-8-19-21(26)10-12-27(2)22(19)14-20-23(15-3-6-17(28)7-4-15)31(25(29)33)30-24(20)27/h3-7,18-23,32H,8-14H2,1-2H3,(H2,29,33)/t18-,19?,20?,21?,22?,23?,26-,27-/m0/s1. The van der Waals surface area contributed by atoms with Crippen LogP contribution in [0.4, 0.5) is 4.79 Å². The summed E-state index contributed by atoms with van der Waals surface area (Å²) in [6, 6.07) is 7.17. The Kier molecular flexibility index (Phi) is 4.81. The van der Waals surface area contributed by atoms with Crippen LogP contribution in [0.1, 0.15) is 70.4 Å². The van der Waals surface area contributed by atoms with E-state index >= 15 is 0 Å². The van der Waals surface area contributed by atoms with Gasteiger partial charge in [-0.05, 0) is 85.8 Å². The maximum atomic E-state index is 12.4. The number of hydrogen-bond acceptors (Lipinski definition) is 3. The number of primary amides is 1. The van der Waals surface area contributed by atoms with Crippen LogP contribution in [0.5, 0.6) is 0 Å². The predicted molar refractivity (Wildman–Crippen MR) is 130 cm³/mol. The second-order valence-electron chi connectivity index (χ2n) is 11.6. The Morgan fingerprint density at radius 2 is 1.88 bits per heavy atom. The molecule has 5 nitrogen and oxygen atoms in total. The molecule has 5 unspecified atom stereocenters. The molecule has 176 valence electrons. The zero-order valence-corrected chi connectivity index (χ0v) is 20.3. The lowest BCUT2D eigenvalue weighted by Crippen LogP contribution is -2.50. The van der Waals surface area contributed by atoms with Crippen molar-refractivity contribution in [3.05, 3.63) is 46.5 Å². The van der Waals surface area contributed by atoms with Crippen molar-refractivity contribution in [3.63, 3.8) is 0 Å². The van der Waals surface area contributed by atoms with E-state index < -0.39 is 6.03 Å². The Hall–Kier alpha value is -1.85. The van der Waals surface area contributed by atoms with Crippen LogP contribution in [0.25, 0.3) is 0 Å². The van der Waals surface area contributed by atoms with Gasteiger partial charge >= 0.3 is 6.03 Å². The van der Waals surface area contributed by atoms with Crippen molar-refractivity contribution in [2.45, 2.75) is 70.9 Å². The minimum absolute atomic E-state index is 0.0105. The number of hydrazone groups is 1. The molecule has 3 fully saturated rings. The van der Waals surface area contributed by atoms with E-state index in [-0.39, 0.29) is 28.9 Å². The van der Waals surface area contributed by atoms with E-state index in [1.807, 2.05) is 24.3 Å². The van der Waals surface area contributed by atoms with Gasteiger partial charge in [0.25, 0.3) is 0 Å². The van der Waals surface area contributed by atoms with Crippen LogP contribution >= 0.6 is 11.6 Å². The van der Waals surface area contributed by atoms with Gasteiger partial charge in [-0.25, -0.2) is 9.80 Å². The number of benzene rings is 1. The number of carbonyl (C=O) groups is 1. The summed E-state index contributed by atoms with van der Waals surface area (Å²) in [5, 5.41) is 17.4. The largest absolute Gasteiger partial charge is 0.393 e. The van der Waals surface area contributed by atoms with Crippen LogP contribution in [0.15, 0.2) is 41.0 Å². The number of halogens is 1. The molecule has 0 bridgehead atoms. The Morgan fingerprint density at radius 1 is 1.15 bits per heavy atom. The van der Waals surface area contributed by atoms with Crippen LogP contribution in [-0.2, 0) is 0 Å². The molecule has 0 spiro atoms. The normalized spacial score (nSPS) is 43.7. The zero-order valence-electron chi connectivity index (χ0n) is 19.5. The number of aliphatic hydroxyl groups excluding tert-OH is 1. The molecule has 0 radical (unpaired) electrons. The molecule has 33 heavy (non-hydrogen) atoms. The zero-order chi connectivity index (χ0) is 23.1. The van der Waals surface area contributed by atoms with E-state index in [4.69, 9.17) is 22.4 Å². The van der Waals surface area contributed by atoms with Crippen LogP contribution in [0.2, 0.25) is 5.02 Å². The minimum atomic E-state index is -0.482. The van der Waals surface area contributed by atoms with Gasteiger partial charge in [0.2, 0.25) is 0 Å². The summed E-state index contributed by atoms with van der Waals surface area (Å²) in [5.41, 5.74) is 9.77. The molecule has 0 saturated heterocycles. The average molecular weight is 468 g/mol. The molecule has 8 atom stereocenters. The van der Waals surface area contributed by atoms with Gasteiger partial charge in [0.05, 0.1) is 17.9 Å². The number of fused-ring (bicyclic) bond motifs is 7. The summed E-state index contributed by atoms with van der Waals surface area (Å²) in [7, 11) is 0. The monoisotopic (exact) mass is 467 g/mol. The van der Waals surface area contributed by atoms with Gasteiger partial charge in [-0.3, -0.25) is 0 Å². The molecule has 3 saturated carbocycles. The molecule has 6 rings (SSSR count). The van der Waals surface area contributed by atoms with E-state index in [9.17, 15) is 9.90 Å². The third-order valence-electron chi connectivity index (χ3n) is 10.2. The summed E-state index contributed by atoms with van der Waals surface area (Å²) in [5.74, 6) is 2.07. The summed E-state index contributed by atoms with van der Waals surface area (Å²) >= 11 is 6.15. The second kappa shape index (κ2) is 7.32. The first kappa shape index (κ1) is 21.7. The van der Waals surface area contributed by atoms with Gasteiger partial charge in [0.1, 0.15) is 0 Å². The van der Waals surface area contributed by atoms with Crippen LogP contribution in [0, 0.1) is 34.5 Å². The Balaban J connectivity index is 1.37. The van der Waals surface area contributed by atoms with E-state index in [1.165, 1.54) is 22.7 Å². The van der Waals surface area contributed by atoms with Crippen molar-refractivity contribution in [1.82, 2.24) is 5.01 Å². The number of nitrogens with two attached hydrogens (primary N) is 1. The lowest BCUT2D eigenvalue weighted by molar-refractivity contribution is -0.0237. The molecular formula is C27H34ClN3O2. The molecule has 0 aromatic heterocycles. The fraction of sp³-hybridized carbons (Fsp3) is 0.630. The Labute approximate surface area is 201 Å². The molecule has 1 aliphatic heterocycles. The SMILES string of the molecule is C[C@]12CC[C@H](O)CC1=CCC1C2CC[C@]2(C)C3=NN(C(N)=O)C(c4ccc(Cl)cc4)C3CC12. The van der Waals surface area contributed by atoms with Gasteiger partial charge in [0, 0.05) is 16.4 Å². The summed E-state index contributed by atoms with van der Waals surface area (Å²) in [6.45, 7) is 4.85. The first-order valence-electron chi connectivity index (χ1n) is 12.5. The number of hydrogen-bond donors (Lipinski definition) is 2. The number of amides is 2. The molecular weight excluding hydrogens is 434 g/mol. The number of carbonyl (C=O) groups excluding carboxylic acids is 1. The topological polar surface area (TPSA) is 78.9 Å². The number of rotatable bonds is 1. The average Bonchev–Trinajstić information content (AvgIpc) is 3.30. The quantitative estimate of drug-likeness (QED) is 0.521. The van der Waals surface area contributed by atoms with Crippen LogP contribution < -0.4 is 5.73 Å². The highest BCUT2D eigenvalue weighted by atomic mass is 35.5. The maximum Gasteiger partial charge on any atom is 0.335 e. The van der Waals surface area contributed by atoms with Gasteiger partial charge in [0.15, 0.2) is 0 Å². The lowest BCUT2D eigenvalue weighted by Gasteiger charge is -2.57. The number of nitrogens with zero attached hydrogens (tertiary/aromatic N) is 2. The van der Waals surface area contributed by atoms with Crippen molar-refractivity contribution in [1.29, 1.82) is 0 Å². The third-order valence-corrected chi connectivity index (χ3v) is 10.5. The third kappa shape index (κ3) is 3.01. The molecule has 1 aromatic carbocycles. The van der Waals surface area contributed by atoms with Crippen LogP contribution in [0.3, 0.4) is 0 Å². The van der Waals surface area contributed by atoms with E-state index in [0.717, 1.165) is 44.1 Å². The van der Waals surface area contributed by atoms with Crippen molar-refractivity contribution in [2.75, 3.05) is 0 Å². The Morgan fingerprint density at radius 3 is 2.61 bits per heavy atom. The highest BCUT2D eigenvalue weighted by Crippen LogP contribution is 2.67. The van der Waals surface area contributed by atoms with Crippen LogP contribution in [-0.4, -0.2) is 28.0 Å². The van der Waals surface area contributed by atoms with Gasteiger partial charge in [-0.15, -0.1) is 0 Å². The number of allylic oxidation sites excluding steroid dienone is 1. The molecule has 1 heterocycles. The van der Waals surface area contributed by atoms with E-state index in [1.54, 1.807) is 0 Å². The fourth-order valence-corrected chi connectivity index (χ4v) is 8.68. The Bertz CT molecular complexity index is 1050. The van der Waals surface area contributed by atoms with E-state index in [2.05, 4.69) is 19.9 Å². The van der Waals surface area contributed by atoms with E-state index in [0.29, 0.717) is 22.8 Å². The fourth-order valence-electron chi connectivity index (χ4n) is 8.56. The molecule has 2 amide bonds.